The maximum atomic E-state index is 12.3. The van der Waals surface area contributed by atoms with Crippen molar-refractivity contribution in [2.45, 2.75) is 12.8 Å². The Hall–Kier alpha value is -2.90. The number of carbonyl (C=O) groups is 4. The Labute approximate surface area is 145 Å². The first-order valence-corrected chi connectivity index (χ1v) is 7.93. The second-order valence-corrected chi connectivity index (χ2v) is 5.81. The number of nitrogens with zero attached hydrogens (tertiary/aromatic N) is 2. The van der Waals surface area contributed by atoms with Crippen molar-refractivity contribution in [3.8, 4) is 0 Å². The molecule has 0 aromatic heterocycles. The predicted molar refractivity (Wildman–Crippen MR) is 90.0 cm³/mol. The monoisotopic (exact) mass is 347 g/mol. The molecule has 0 unspecified atom stereocenters. The third-order valence-electron chi connectivity index (χ3n) is 3.76. The van der Waals surface area contributed by atoms with Crippen molar-refractivity contribution in [2.75, 3.05) is 38.7 Å². The molecule has 1 aliphatic heterocycles. The van der Waals surface area contributed by atoms with Crippen LogP contribution >= 0.6 is 0 Å². The van der Waals surface area contributed by atoms with Gasteiger partial charge >= 0.3 is 5.97 Å². The van der Waals surface area contributed by atoms with Gasteiger partial charge in [-0.05, 0) is 18.6 Å². The topological polar surface area (TPSA) is 96.0 Å². The zero-order valence-electron chi connectivity index (χ0n) is 14.3. The summed E-state index contributed by atoms with van der Waals surface area (Å²) in [4.78, 5) is 50.1. The van der Waals surface area contributed by atoms with Crippen LogP contribution in [0.2, 0.25) is 0 Å². The van der Waals surface area contributed by atoms with E-state index in [4.69, 9.17) is 4.74 Å². The first-order chi connectivity index (χ1) is 11.9. The number of carbonyl (C=O) groups excluding carboxylic acids is 4. The lowest BCUT2D eigenvalue weighted by Gasteiger charge is -2.18. The number of hydrogen-bond acceptors (Lipinski definition) is 5. The number of esters is 1. The highest BCUT2D eigenvalue weighted by Gasteiger charge is 2.26. The van der Waals surface area contributed by atoms with Gasteiger partial charge in [0.15, 0.2) is 6.61 Å². The van der Waals surface area contributed by atoms with Gasteiger partial charge in [-0.25, -0.2) is 4.79 Å². The van der Waals surface area contributed by atoms with E-state index in [-0.39, 0.29) is 23.9 Å². The molecule has 8 heteroatoms. The van der Waals surface area contributed by atoms with Crippen molar-refractivity contribution >= 4 is 29.4 Å². The van der Waals surface area contributed by atoms with Crippen molar-refractivity contribution in [3.05, 3.63) is 29.8 Å². The summed E-state index contributed by atoms with van der Waals surface area (Å²) in [6.07, 6.45) is 1.19. The van der Waals surface area contributed by atoms with Gasteiger partial charge in [-0.1, -0.05) is 12.1 Å². The number of ether oxygens (including phenoxy) is 1. The van der Waals surface area contributed by atoms with Crippen molar-refractivity contribution in [2.24, 2.45) is 0 Å². The van der Waals surface area contributed by atoms with Gasteiger partial charge in [0.25, 0.3) is 5.91 Å². The lowest BCUT2D eigenvalue weighted by molar-refractivity contribution is -0.131. The fraction of sp³-hybridized carbons (Fsp3) is 0.412. The van der Waals surface area contributed by atoms with E-state index < -0.39 is 18.5 Å². The first kappa shape index (κ1) is 18.4. The van der Waals surface area contributed by atoms with Crippen LogP contribution in [0.4, 0.5) is 5.69 Å². The molecule has 1 aromatic rings. The van der Waals surface area contributed by atoms with Crippen LogP contribution in [0.5, 0.6) is 0 Å². The smallest absolute Gasteiger partial charge is 0.340 e. The number of amides is 3. The summed E-state index contributed by atoms with van der Waals surface area (Å²) in [6.45, 7) is -0.111. The number of rotatable bonds is 6. The Kier molecular flexibility index (Phi) is 6.10. The minimum atomic E-state index is -0.690. The van der Waals surface area contributed by atoms with Crippen LogP contribution in [-0.4, -0.2) is 62.4 Å². The van der Waals surface area contributed by atoms with Crippen LogP contribution in [0.1, 0.15) is 23.2 Å². The van der Waals surface area contributed by atoms with Gasteiger partial charge in [-0.3, -0.25) is 14.4 Å². The van der Waals surface area contributed by atoms with E-state index in [0.29, 0.717) is 18.7 Å². The van der Waals surface area contributed by atoms with Gasteiger partial charge in [-0.15, -0.1) is 0 Å². The van der Waals surface area contributed by atoms with Crippen molar-refractivity contribution in [1.29, 1.82) is 0 Å². The molecule has 3 amide bonds. The summed E-state index contributed by atoms with van der Waals surface area (Å²) in [7, 11) is 3.15. The normalized spacial score (nSPS) is 13.5. The molecule has 1 N–H and O–H groups in total. The second-order valence-electron chi connectivity index (χ2n) is 5.81. The average molecular weight is 347 g/mol. The Morgan fingerprint density at radius 3 is 2.60 bits per heavy atom. The van der Waals surface area contributed by atoms with Crippen LogP contribution < -0.4 is 10.2 Å². The van der Waals surface area contributed by atoms with E-state index in [1.54, 1.807) is 43.3 Å². The Balaban J connectivity index is 1.94. The zero-order chi connectivity index (χ0) is 18.4. The highest BCUT2D eigenvalue weighted by Crippen LogP contribution is 2.25. The van der Waals surface area contributed by atoms with Gasteiger partial charge in [-0.2, -0.15) is 0 Å². The van der Waals surface area contributed by atoms with Gasteiger partial charge < -0.3 is 19.9 Å². The molecule has 1 aromatic carbocycles. The molecule has 1 saturated heterocycles. The van der Waals surface area contributed by atoms with Gasteiger partial charge in [0.1, 0.15) is 0 Å². The van der Waals surface area contributed by atoms with Crippen LogP contribution in [0.3, 0.4) is 0 Å². The largest absolute Gasteiger partial charge is 0.452 e. The average Bonchev–Trinajstić information content (AvgIpc) is 3.03. The highest BCUT2D eigenvalue weighted by atomic mass is 16.5. The zero-order valence-corrected chi connectivity index (χ0v) is 14.3. The molecule has 25 heavy (non-hydrogen) atoms. The molecule has 0 spiro atoms. The number of nitrogens with one attached hydrogen (secondary N) is 1. The van der Waals surface area contributed by atoms with E-state index in [1.165, 1.54) is 4.90 Å². The summed E-state index contributed by atoms with van der Waals surface area (Å²) in [5.41, 5.74) is 0.716. The van der Waals surface area contributed by atoms with Crippen LogP contribution in [0.25, 0.3) is 0 Å². The van der Waals surface area contributed by atoms with Crippen LogP contribution in [0.15, 0.2) is 24.3 Å². The molecular formula is C17H21N3O5. The van der Waals surface area contributed by atoms with Crippen molar-refractivity contribution in [3.63, 3.8) is 0 Å². The van der Waals surface area contributed by atoms with Crippen LogP contribution in [0, 0.1) is 0 Å². The highest BCUT2D eigenvalue weighted by molar-refractivity contribution is 6.04. The van der Waals surface area contributed by atoms with E-state index in [0.717, 1.165) is 6.42 Å². The maximum Gasteiger partial charge on any atom is 0.340 e. The standard InChI is InChI=1S/C17H21N3O5/c1-19(2)16(23)10-18-14(21)11-25-17(24)12-6-3-4-7-13(12)20-9-5-8-15(20)22/h3-4,6-7H,5,8-11H2,1-2H3,(H,18,21). The fourth-order valence-electron chi connectivity index (χ4n) is 2.38. The minimum Gasteiger partial charge on any atom is -0.452 e. The van der Waals surface area contributed by atoms with Gasteiger partial charge in [0, 0.05) is 27.1 Å². The molecular weight excluding hydrogens is 326 g/mol. The number of anilines is 1. The lowest BCUT2D eigenvalue weighted by atomic mass is 10.1. The van der Waals surface area contributed by atoms with Crippen molar-refractivity contribution < 1.29 is 23.9 Å². The number of likely N-dealkylation sites (N-methyl/N-ethyl adjacent to an activating group) is 1. The first-order valence-electron chi connectivity index (χ1n) is 7.93. The SMILES string of the molecule is CN(C)C(=O)CNC(=O)COC(=O)c1ccccc1N1CCCC1=O. The minimum absolute atomic E-state index is 0.0415. The van der Waals surface area contributed by atoms with Crippen molar-refractivity contribution in [1.82, 2.24) is 10.2 Å². The summed E-state index contributed by atoms with van der Waals surface area (Å²) in [6, 6.07) is 6.63. The Morgan fingerprint density at radius 1 is 1.24 bits per heavy atom. The van der Waals surface area contributed by atoms with Gasteiger partial charge in [0.2, 0.25) is 11.8 Å². The summed E-state index contributed by atoms with van der Waals surface area (Å²) >= 11 is 0. The summed E-state index contributed by atoms with van der Waals surface area (Å²) in [5.74, 6) is -1.57. The molecule has 8 nitrogen and oxygen atoms in total. The maximum absolute atomic E-state index is 12.3. The number of hydrogen-bond donors (Lipinski definition) is 1. The fourth-order valence-corrected chi connectivity index (χ4v) is 2.38. The number of para-hydroxylation sites is 1. The lowest BCUT2D eigenvalue weighted by Crippen LogP contribution is -2.38. The third-order valence-corrected chi connectivity index (χ3v) is 3.76. The molecule has 1 fully saturated rings. The van der Waals surface area contributed by atoms with E-state index in [1.807, 2.05) is 0 Å². The van der Waals surface area contributed by atoms with E-state index in [2.05, 4.69) is 5.32 Å². The Morgan fingerprint density at radius 2 is 1.96 bits per heavy atom. The van der Waals surface area contributed by atoms with Gasteiger partial charge in [0.05, 0.1) is 17.8 Å². The molecule has 0 radical (unpaired) electrons. The molecule has 134 valence electrons. The molecule has 1 heterocycles. The molecule has 2 rings (SSSR count). The summed E-state index contributed by atoms with van der Waals surface area (Å²) in [5, 5.41) is 2.38. The quantitative estimate of drug-likeness (QED) is 0.740. The number of benzene rings is 1. The molecule has 0 bridgehead atoms. The van der Waals surface area contributed by atoms with E-state index in [9.17, 15) is 19.2 Å². The molecule has 0 saturated carbocycles. The second kappa shape index (κ2) is 8.27. The molecule has 1 aliphatic rings. The Bertz CT molecular complexity index is 687. The predicted octanol–water partition coefficient (Wildman–Crippen LogP) is 0.175. The molecule has 0 atom stereocenters. The third kappa shape index (κ3) is 4.79. The molecule has 0 aliphatic carbocycles. The summed E-state index contributed by atoms with van der Waals surface area (Å²) < 4.78 is 5.00. The van der Waals surface area contributed by atoms with E-state index >= 15 is 0 Å². The van der Waals surface area contributed by atoms with Crippen LogP contribution in [-0.2, 0) is 19.1 Å².